The summed E-state index contributed by atoms with van der Waals surface area (Å²) in [4.78, 5) is 11.2. The monoisotopic (exact) mass is 462 g/mol. The maximum Gasteiger partial charge on any atom is 0.231 e. The first-order valence-corrected chi connectivity index (χ1v) is 10.7. The van der Waals surface area contributed by atoms with Crippen LogP contribution in [0.3, 0.4) is 0 Å². The van der Waals surface area contributed by atoms with Crippen molar-refractivity contribution in [2.45, 2.75) is 19.1 Å². The average molecular weight is 462 g/mol. The molecule has 2 aromatic carbocycles. The van der Waals surface area contributed by atoms with Gasteiger partial charge in [-0.1, -0.05) is 30.3 Å². The number of aromatic nitrogens is 4. The highest BCUT2D eigenvalue weighted by Crippen LogP contribution is 2.30. The molecule has 34 heavy (non-hydrogen) atoms. The summed E-state index contributed by atoms with van der Waals surface area (Å²) in [7, 11) is 0. The van der Waals surface area contributed by atoms with Gasteiger partial charge in [0.05, 0.1) is 37.9 Å². The third kappa shape index (κ3) is 4.25. The molecule has 3 heterocycles. The first kappa shape index (κ1) is 21.7. The molecule has 1 aliphatic rings. The number of nitriles is 1. The minimum atomic E-state index is -0.773. The molecular formula is C24H20F2N6O2. The fourth-order valence-electron chi connectivity index (χ4n) is 3.86. The van der Waals surface area contributed by atoms with Crippen LogP contribution in [0.25, 0.3) is 16.7 Å². The lowest BCUT2D eigenvalue weighted by Crippen LogP contribution is -2.46. The normalized spacial score (nSPS) is 15.9. The Kier molecular flexibility index (Phi) is 6.01. The second-order valence-electron chi connectivity index (χ2n) is 7.78. The van der Waals surface area contributed by atoms with Crippen LogP contribution in [-0.2, 0) is 11.3 Å². The molecule has 0 spiro atoms. The topological polar surface area (TPSA) is 89.1 Å². The Morgan fingerprint density at radius 3 is 2.79 bits per heavy atom. The largest absolute Gasteiger partial charge is 0.472 e. The number of ether oxygens (including phenoxy) is 2. The predicted molar refractivity (Wildman–Crippen MR) is 120 cm³/mol. The number of rotatable bonds is 6. The Balaban J connectivity index is 1.62. The zero-order valence-electron chi connectivity index (χ0n) is 18.1. The number of hydrogen-bond donors (Lipinski definition) is 0. The summed E-state index contributed by atoms with van der Waals surface area (Å²) >= 11 is 0. The van der Waals surface area contributed by atoms with Gasteiger partial charge in [0, 0.05) is 12.6 Å². The molecule has 0 amide bonds. The lowest BCUT2D eigenvalue weighted by Gasteiger charge is -2.34. The lowest BCUT2D eigenvalue weighted by molar-refractivity contribution is 0.0943. The van der Waals surface area contributed by atoms with Crippen molar-refractivity contribution in [2.24, 2.45) is 0 Å². The van der Waals surface area contributed by atoms with Gasteiger partial charge in [0.25, 0.3) is 0 Å². The number of halogens is 2. The van der Waals surface area contributed by atoms with E-state index in [1.54, 1.807) is 0 Å². The van der Waals surface area contributed by atoms with E-state index < -0.39 is 11.6 Å². The van der Waals surface area contributed by atoms with Crippen molar-refractivity contribution in [1.29, 1.82) is 5.26 Å². The van der Waals surface area contributed by atoms with Crippen molar-refractivity contribution < 1.29 is 18.3 Å². The summed E-state index contributed by atoms with van der Waals surface area (Å²) in [5, 5.41) is 14.0. The highest BCUT2D eigenvalue weighted by molar-refractivity contribution is 5.82. The predicted octanol–water partition coefficient (Wildman–Crippen LogP) is 3.79. The van der Waals surface area contributed by atoms with E-state index in [4.69, 9.17) is 9.47 Å². The van der Waals surface area contributed by atoms with Crippen LogP contribution in [0.15, 0.2) is 54.7 Å². The second-order valence-corrected chi connectivity index (χ2v) is 7.78. The van der Waals surface area contributed by atoms with Crippen LogP contribution in [-0.4, -0.2) is 45.5 Å². The molecule has 1 aliphatic heterocycles. The van der Waals surface area contributed by atoms with E-state index in [2.05, 4.69) is 21.1 Å². The van der Waals surface area contributed by atoms with Crippen LogP contribution in [0.5, 0.6) is 5.88 Å². The van der Waals surface area contributed by atoms with Crippen molar-refractivity contribution in [3.05, 3.63) is 71.9 Å². The van der Waals surface area contributed by atoms with Gasteiger partial charge in [-0.05, 0) is 17.7 Å². The summed E-state index contributed by atoms with van der Waals surface area (Å²) in [6.45, 7) is 1.55. The van der Waals surface area contributed by atoms with Gasteiger partial charge in [0.15, 0.2) is 11.5 Å². The Morgan fingerprint density at radius 2 is 2.00 bits per heavy atom. The van der Waals surface area contributed by atoms with Gasteiger partial charge in [0.2, 0.25) is 11.8 Å². The lowest BCUT2D eigenvalue weighted by atomic mass is 10.2. The second kappa shape index (κ2) is 9.41. The van der Waals surface area contributed by atoms with Gasteiger partial charge < -0.3 is 14.4 Å². The molecule has 5 rings (SSSR count). The van der Waals surface area contributed by atoms with Gasteiger partial charge in [-0.15, -0.1) is 0 Å². The number of anilines is 1. The van der Waals surface area contributed by atoms with E-state index in [1.807, 2.05) is 35.2 Å². The smallest absolute Gasteiger partial charge is 0.231 e. The van der Waals surface area contributed by atoms with E-state index in [0.29, 0.717) is 36.7 Å². The zero-order chi connectivity index (χ0) is 23.5. The highest BCUT2D eigenvalue weighted by atomic mass is 19.1. The van der Waals surface area contributed by atoms with Crippen LogP contribution in [0.2, 0.25) is 0 Å². The summed E-state index contributed by atoms with van der Waals surface area (Å²) in [6, 6.07) is 14.8. The molecule has 0 unspecified atom stereocenters. The summed E-state index contributed by atoms with van der Waals surface area (Å²) in [5.74, 6) is -0.860. The third-order valence-electron chi connectivity index (χ3n) is 5.55. The minimum Gasteiger partial charge on any atom is -0.472 e. The van der Waals surface area contributed by atoms with E-state index in [0.717, 1.165) is 17.7 Å². The Labute approximate surface area is 194 Å². The highest BCUT2D eigenvalue weighted by Gasteiger charge is 2.27. The fourth-order valence-corrected chi connectivity index (χ4v) is 3.86. The van der Waals surface area contributed by atoms with Gasteiger partial charge in [-0.2, -0.15) is 20.3 Å². The SMILES string of the molecule is N#CC[C@@H]1COCCN1c1nc(OCc2ccccc2)c2cnn(-c3ccc(F)cc3F)c2n1. The van der Waals surface area contributed by atoms with E-state index in [-0.39, 0.29) is 30.6 Å². The Bertz CT molecular complexity index is 1360. The summed E-state index contributed by atoms with van der Waals surface area (Å²) in [6.07, 6.45) is 1.72. The molecule has 0 aliphatic carbocycles. The Morgan fingerprint density at radius 1 is 1.15 bits per heavy atom. The van der Waals surface area contributed by atoms with Crippen LogP contribution >= 0.6 is 0 Å². The van der Waals surface area contributed by atoms with E-state index in [1.165, 1.54) is 16.9 Å². The molecule has 1 atom stereocenters. The maximum atomic E-state index is 14.6. The van der Waals surface area contributed by atoms with Crippen molar-refractivity contribution in [2.75, 3.05) is 24.7 Å². The first-order valence-electron chi connectivity index (χ1n) is 10.7. The molecule has 1 fully saturated rings. The quantitative estimate of drug-likeness (QED) is 0.431. The van der Waals surface area contributed by atoms with Crippen molar-refractivity contribution in [3.63, 3.8) is 0 Å². The molecule has 172 valence electrons. The molecule has 2 aromatic heterocycles. The molecule has 0 bridgehead atoms. The average Bonchev–Trinajstić information content (AvgIpc) is 3.28. The summed E-state index contributed by atoms with van der Waals surface area (Å²) in [5.41, 5.74) is 1.30. The number of nitrogens with zero attached hydrogens (tertiary/aromatic N) is 6. The standard InChI is InChI=1S/C24H20F2N6O2/c25-17-6-7-21(20(26)12-17)32-22-19(13-28-32)23(34-14-16-4-2-1-3-5-16)30-24(29-22)31-10-11-33-15-18(31)8-9-27/h1-7,12-13,18H,8,10-11,14-15H2/t18-/m1/s1. The molecule has 0 radical (unpaired) electrons. The van der Waals surface area contributed by atoms with E-state index >= 15 is 0 Å². The molecule has 4 aromatic rings. The van der Waals surface area contributed by atoms with Crippen LogP contribution in [0.1, 0.15) is 12.0 Å². The van der Waals surface area contributed by atoms with Crippen LogP contribution < -0.4 is 9.64 Å². The number of fused-ring (bicyclic) bond motifs is 1. The van der Waals surface area contributed by atoms with Gasteiger partial charge in [-0.25, -0.2) is 13.5 Å². The molecule has 8 nitrogen and oxygen atoms in total. The minimum absolute atomic E-state index is 0.0469. The molecule has 1 saturated heterocycles. The third-order valence-corrected chi connectivity index (χ3v) is 5.55. The van der Waals surface area contributed by atoms with Gasteiger partial charge in [-0.3, -0.25) is 0 Å². The molecule has 0 N–H and O–H groups in total. The van der Waals surface area contributed by atoms with Gasteiger partial charge >= 0.3 is 0 Å². The number of benzene rings is 2. The van der Waals surface area contributed by atoms with Crippen molar-refractivity contribution >= 4 is 17.0 Å². The molecule has 0 saturated carbocycles. The first-order chi connectivity index (χ1) is 16.6. The zero-order valence-corrected chi connectivity index (χ0v) is 18.1. The number of morpholine rings is 1. The maximum absolute atomic E-state index is 14.6. The van der Waals surface area contributed by atoms with E-state index in [9.17, 15) is 14.0 Å². The van der Waals surface area contributed by atoms with Crippen molar-refractivity contribution in [3.8, 4) is 17.6 Å². The fraction of sp³-hybridized carbons (Fsp3) is 0.250. The van der Waals surface area contributed by atoms with Gasteiger partial charge in [0.1, 0.15) is 23.5 Å². The Hall–Kier alpha value is -4.10. The molecule has 10 heteroatoms. The van der Waals surface area contributed by atoms with Crippen LogP contribution in [0, 0.1) is 23.0 Å². The summed E-state index contributed by atoms with van der Waals surface area (Å²) < 4.78 is 41.0. The van der Waals surface area contributed by atoms with Crippen molar-refractivity contribution in [1.82, 2.24) is 19.7 Å². The van der Waals surface area contributed by atoms with Crippen LogP contribution in [0.4, 0.5) is 14.7 Å². The number of hydrogen-bond acceptors (Lipinski definition) is 7. The molecular weight excluding hydrogens is 442 g/mol.